The predicted molar refractivity (Wildman–Crippen MR) is 61.8 cm³/mol. The normalized spacial score (nSPS) is 18.5. The molecule has 2 N–H and O–H groups in total. The monoisotopic (exact) mass is 234 g/mol. The van der Waals surface area contributed by atoms with Gasteiger partial charge in [0, 0.05) is 12.6 Å². The summed E-state index contributed by atoms with van der Waals surface area (Å²) in [7, 11) is -3.25. The van der Waals surface area contributed by atoms with Crippen molar-refractivity contribution in [1.82, 2.24) is 9.44 Å². The Morgan fingerprint density at radius 2 is 1.87 bits per heavy atom. The zero-order chi connectivity index (χ0) is 11.1. The summed E-state index contributed by atoms with van der Waals surface area (Å²) in [6.45, 7) is 2.65. The van der Waals surface area contributed by atoms with Gasteiger partial charge in [0.2, 0.25) is 0 Å². The van der Waals surface area contributed by atoms with Crippen LogP contribution >= 0.6 is 0 Å². The largest absolute Gasteiger partial charge is 0.277 e. The van der Waals surface area contributed by atoms with E-state index in [-0.39, 0.29) is 6.04 Å². The van der Waals surface area contributed by atoms with Crippen LogP contribution in [0.15, 0.2) is 0 Å². The molecule has 0 bridgehead atoms. The van der Waals surface area contributed by atoms with E-state index in [0.717, 1.165) is 44.9 Å². The highest BCUT2D eigenvalue weighted by Gasteiger charge is 2.20. The van der Waals surface area contributed by atoms with E-state index in [1.54, 1.807) is 0 Å². The van der Waals surface area contributed by atoms with Crippen LogP contribution in [0.3, 0.4) is 0 Å². The lowest BCUT2D eigenvalue weighted by atomic mass is 10.3. The molecule has 4 nitrogen and oxygen atoms in total. The molecule has 1 saturated carbocycles. The molecule has 0 spiro atoms. The van der Waals surface area contributed by atoms with Crippen molar-refractivity contribution in [2.75, 3.05) is 6.54 Å². The van der Waals surface area contributed by atoms with E-state index in [4.69, 9.17) is 0 Å². The van der Waals surface area contributed by atoms with Crippen LogP contribution in [0.25, 0.3) is 0 Å². The van der Waals surface area contributed by atoms with E-state index in [1.165, 1.54) is 0 Å². The molecule has 0 aliphatic heterocycles. The number of unbranched alkanes of at least 4 members (excludes halogenated alkanes) is 2. The minimum Gasteiger partial charge on any atom is -0.202 e. The average molecular weight is 234 g/mol. The molecule has 5 heteroatoms. The van der Waals surface area contributed by atoms with Gasteiger partial charge in [0.1, 0.15) is 0 Å². The molecule has 0 aromatic heterocycles. The highest BCUT2D eigenvalue weighted by Crippen LogP contribution is 2.17. The lowest BCUT2D eigenvalue weighted by Crippen LogP contribution is -2.41. The number of rotatable bonds is 7. The maximum atomic E-state index is 11.5. The van der Waals surface area contributed by atoms with Crippen LogP contribution in [-0.4, -0.2) is 21.0 Å². The molecule has 0 radical (unpaired) electrons. The van der Waals surface area contributed by atoms with Crippen LogP contribution in [0.4, 0.5) is 0 Å². The van der Waals surface area contributed by atoms with Gasteiger partial charge in [0.15, 0.2) is 0 Å². The molecule has 90 valence electrons. The van der Waals surface area contributed by atoms with Crippen LogP contribution in [0.5, 0.6) is 0 Å². The fourth-order valence-corrected chi connectivity index (χ4v) is 3.06. The molecule has 0 saturated heterocycles. The van der Waals surface area contributed by atoms with E-state index >= 15 is 0 Å². The maximum absolute atomic E-state index is 11.5. The second-order valence-electron chi connectivity index (χ2n) is 4.20. The molecule has 0 unspecified atom stereocenters. The van der Waals surface area contributed by atoms with Gasteiger partial charge in [-0.1, -0.05) is 32.6 Å². The first-order valence-electron chi connectivity index (χ1n) is 5.91. The Hall–Kier alpha value is -0.130. The van der Waals surface area contributed by atoms with Crippen molar-refractivity contribution in [2.45, 2.75) is 57.9 Å². The van der Waals surface area contributed by atoms with Crippen LogP contribution in [0, 0.1) is 0 Å². The van der Waals surface area contributed by atoms with Crippen molar-refractivity contribution in [3.63, 3.8) is 0 Å². The van der Waals surface area contributed by atoms with Crippen molar-refractivity contribution in [3.05, 3.63) is 0 Å². The zero-order valence-electron chi connectivity index (χ0n) is 9.46. The number of hydrogen-bond acceptors (Lipinski definition) is 2. The molecular formula is C10H22N2O2S. The lowest BCUT2D eigenvalue weighted by molar-refractivity contribution is 0.535. The first kappa shape index (κ1) is 12.9. The highest BCUT2D eigenvalue weighted by molar-refractivity contribution is 7.87. The fraction of sp³-hybridized carbons (Fsp3) is 1.00. The molecular weight excluding hydrogens is 212 g/mol. The highest BCUT2D eigenvalue weighted by atomic mass is 32.2. The summed E-state index contributed by atoms with van der Waals surface area (Å²) >= 11 is 0. The summed E-state index contributed by atoms with van der Waals surface area (Å²) in [5.41, 5.74) is 0. The van der Waals surface area contributed by atoms with Gasteiger partial charge in [-0.2, -0.15) is 13.1 Å². The Kier molecular flexibility index (Phi) is 5.56. The van der Waals surface area contributed by atoms with Gasteiger partial charge in [-0.3, -0.25) is 0 Å². The van der Waals surface area contributed by atoms with Gasteiger partial charge in [-0.05, 0) is 19.3 Å². The molecule has 1 fully saturated rings. The molecule has 1 aliphatic carbocycles. The summed E-state index contributed by atoms with van der Waals surface area (Å²) in [5, 5.41) is 0. The van der Waals surface area contributed by atoms with Crippen molar-refractivity contribution in [1.29, 1.82) is 0 Å². The molecule has 1 rings (SSSR count). The minimum absolute atomic E-state index is 0.161. The SMILES string of the molecule is CCCCCNS(=O)(=O)NC1CCCC1. The third-order valence-electron chi connectivity index (χ3n) is 2.75. The molecule has 15 heavy (non-hydrogen) atoms. The standard InChI is InChI=1S/C10H22N2O2S/c1-2-3-6-9-11-15(13,14)12-10-7-4-5-8-10/h10-12H,2-9H2,1H3. The molecule has 0 heterocycles. The van der Waals surface area contributed by atoms with E-state index in [1.807, 2.05) is 0 Å². The maximum Gasteiger partial charge on any atom is 0.277 e. The van der Waals surface area contributed by atoms with Crippen LogP contribution in [0.1, 0.15) is 51.9 Å². The van der Waals surface area contributed by atoms with Crippen LogP contribution in [-0.2, 0) is 10.2 Å². The lowest BCUT2D eigenvalue weighted by Gasteiger charge is -2.12. The molecule has 0 aromatic carbocycles. The summed E-state index contributed by atoms with van der Waals surface area (Å²) < 4.78 is 28.3. The van der Waals surface area contributed by atoms with E-state index < -0.39 is 10.2 Å². The van der Waals surface area contributed by atoms with Gasteiger partial charge in [-0.15, -0.1) is 0 Å². The second-order valence-corrected chi connectivity index (χ2v) is 5.74. The van der Waals surface area contributed by atoms with Gasteiger partial charge in [0.25, 0.3) is 10.2 Å². The van der Waals surface area contributed by atoms with Crippen molar-refractivity contribution < 1.29 is 8.42 Å². The van der Waals surface area contributed by atoms with E-state index in [2.05, 4.69) is 16.4 Å². The fourth-order valence-electron chi connectivity index (χ4n) is 1.89. The summed E-state index contributed by atoms with van der Waals surface area (Å²) in [6.07, 6.45) is 7.35. The molecule has 0 amide bonds. The quantitative estimate of drug-likeness (QED) is 0.657. The third-order valence-corrected chi connectivity index (χ3v) is 3.98. The number of nitrogens with one attached hydrogen (secondary N) is 2. The van der Waals surface area contributed by atoms with Gasteiger partial charge < -0.3 is 0 Å². The Balaban J connectivity index is 2.19. The van der Waals surface area contributed by atoms with Crippen LogP contribution < -0.4 is 9.44 Å². The van der Waals surface area contributed by atoms with Gasteiger partial charge >= 0.3 is 0 Å². The minimum atomic E-state index is -3.25. The van der Waals surface area contributed by atoms with E-state index in [9.17, 15) is 8.42 Å². The summed E-state index contributed by atoms with van der Waals surface area (Å²) in [6, 6.07) is 0.161. The van der Waals surface area contributed by atoms with Crippen molar-refractivity contribution in [3.8, 4) is 0 Å². The zero-order valence-corrected chi connectivity index (χ0v) is 10.3. The third kappa shape index (κ3) is 5.49. The summed E-state index contributed by atoms with van der Waals surface area (Å²) in [5.74, 6) is 0. The Morgan fingerprint density at radius 3 is 2.47 bits per heavy atom. The molecule has 1 aliphatic rings. The predicted octanol–water partition coefficient (Wildman–Crippen LogP) is 1.54. The Morgan fingerprint density at radius 1 is 1.20 bits per heavy atom. The van der Waals surface area contributed by atoms with Crippen LogP contribution in [0.2, 0.25) is 0 Å². The topological polar surface area (TPSA) is 58.2 Å². The van der Waals surface area contributed by atoms with Crippen molar-refractivity contribution >= 4 is 10.2 Å². The molecule has 0 atom stereocenters. The Bertz CT molecular complexity index is 259. The van der Waals surface area contributed by atoms with E-state index in [0.29, 0.717) is 6.54 Å². The molecule has 0 aromatic rings. The van der Waals surface area contributed by atoms with Crippen molar-refractivity contribution in [2.24, 2.45) is 0 Å². The van der Waals surface area contributed by atoms with Gasteiger partial charge in [-0.25, -0.2) is 4.72 Å². The first-order chi connectivity index (χ1) is 7.14. The number of hydrogen-bond donors (Lipinski definition) is 2. The smallest absolute Gasteiger partial charge is 0.202 e. The average Bonchev–Trinajstić information content (AvgIpc) is 2.64. The second kappa shape index (κ2) is 6.45. The Labute approximate surface area is 93.0 Å². The summed E-state index contributed by atoms with van der Waals surface area (Å²) in [4.78, 5) is 0. The van der Waals surface area contributed by atoms with Gasteiger partial charge in [0.05, 0.1) is 0 Å². The first-order valence-corrected chi connectivity index (χ1v) is 7.39.